The molecule has 4 nitrogen and oxygen atoms in total. The van der Waals surface area contributed by atoms with E-state index in [0.717, 1.165) is 6.20 Å². The second-order valence-corrected chi connectivity index (χ2v) is 6.10. The summed E-state index contributed by atoms with van der Waals surface area (Å²) < 4.78 is 66.6. The molecular formula is C16H13F5N2O2S. The highest BCUT2D eigenvalue weighted by molar-refractivity contribution is 8.00. The Bertz CT molecular complexity index is 770. The van der Waals surface area contributed by atoms with Crippen molar-refractivity contribution in [2.24, 2.45) is 0 Å². The number of hydrogen-bond donors (Lipinski definition) is 1. The molecule has 140 valence electrons. The molecule has 1 heterocycles. The van der Waals surface area contributed by atoms with Gasteiger partial charge in [0.05, 0.1) is 11.6 Å². The number of pyridine rings is 1. The van der Waals surface area contributed by atoms with Crippen LogP contribution in [-0.4, -0.2) is 23.0 Å². The fraction of sp³-hybridized carbons (Fsp3) is 0.250. The summed E-state index contributed by atoms with van der Waals surface area (Å²) in [7, 11) is 0. The van der Waals surface area contributed by atoms with Crippen LogP contribution in [0, 0.1) is 0 Å². The third-order valence-corrected chi connectivity index (χ3v) is 3.91. The van der Waals surface area contributed by atoms with Crippen LogP contribution in [0.4, 0.5) is 22.0 Å². The van der Waals surface area contributed by atoms with Gasteiger partial charge in [-0.25, -0.2) is 4.98 Å². The molecule has 1 aromatic heterocycles. The molecule has 26 heavy (non-hydrogen) atoms. The lowest BCUT2D eigenvalue weighted by molar-refractivity contribution is -0.0499. The first-order valence-corrected chi connectivity index (χ1v) is 8.04. The monoisotopic (exact) mass is 392 g/mol. The van der Waals surface area contributed by atoms with Crippen molar-refractivity contribution >= 4 is 17.7 Å². The van der Waals surface area contributed by atoms with E-state index in [1.54, 1.807) is 13.0 Å². The molecule has 0 saturated carbocycles. The maximum absolute atomic E-state index is 12.6. The number of alkyl halides is 5. The molecule has 0 spiro atoms. The molecule has 1 N–H and O–H groups in total. The van der Waals surface area contributed by atoms with E-state index in [0.29, 0.717) is 5.56 Å². The summed E-state index contributed by atoms with van der Waals surface area (Å²) in [5.74, 6) is -0.856. The second-order valence-electron chi connectivity index (χ2n) is 5.05. The maximum Gasteiger partial charge on any atom is 0.447 e. The molecule has 0 saturated heterocycles. The zero-order chi connectivity index (χ0) is 19.3. The summed E-state index contributed by atoms with van der Waals surface area (Å²) in [5, 5.41) is 2.04. The molecule has 0 aliphatic carbocycles. The highest BCUT2D eigenvalue weighted by Gasteiger charge is 2.32. The molecule has 0 bridgehead atoms. The number of nitrogens with zero attached hydrogens (tertiary/aromatic N) is 1. The third kappa shape index (κ3) is 5.87. The lowest BCUT2D eigenvalue weighted by Crippen LogP contribution is -2.27. The van der Waals surface area contributed by atoms with Gasteiger partial charge in [0.25, 0.3) is 5.91 Å². The van der Waals surface area contributed by atoms with Crippen molar-refractivity contribution in [1.82, 2.24) is 10.3 Å². The Morgan fingerprint density at radius 2 is 1.96 bits per heavy atom. The summed E-state index contributed by atoms with van der Waals surface area (Å²) in [6.07, 6.45) is 1.15. The first kappa shape index (κ1) is 20.0. The predicted molar refractivity (Wildman–Crippen MR) is 85.1 cm³/mol. The van der Waals surface area contributed by atoms with Gasteiger partial charge in [-0.15, -0.1) is 0 Å². The Hall–Kier alpha value is -2.36. The normalized spacial score (nSPS) is 12.7. The van der Waals surface area contributed by atoms with Crippen LogP contribution in [0.2, 0.25) is 0 Å². The summed E-state index contributed by atoms with van der Waals surface area (Å²) in [5.41, 5.74) is -4.37. The van der Waals surface area contributed by atoms with Crippen LogP contribution in [-0.2, 0) is 0 Å². The average molecular weight is 392 g/mol. The molecule has 0 radical (unpaired) electrons. The van der Waals surface area contributed by atoms with Crippen LogP contribution in [0.3, 0.4) is 0 Å². The largest absolute Gasteiger partial charge is 0.447 e. The van der Waals surface area contributed by atoms with Gasteiger partial charge in [0.15, 0.2) is 0 Å². The number of carbonyl (C=O) groups excluding carboxylic acids is 1. The van der Waals surface area contributed by atoms with Gasteiger partial charge in [-0.3, -0.25) is 4.79 Å². The van der Waals surface area contributed by atoms with Crippen LogP contribution in [0.25, 0.3) is 0 Å². The topological polar surface area (TPSA) is 51.2 Å². The SMILES string of the molecule is CC(NC(=O)c1cccnc1SC(F)(F)F)c1cccc(OC(F)F)c1. The van der Waals surface area contributed by atoms with Gasteiger partial charge in [0, 0.05) is 18.0 Å². The van der Waals surface area contributed by atoms with Crippen molar-refractivity contribution in [3.05, 3.63) is 53.7 Å². The first-order valence-electron chi connectivity index (χ1n) is 7.22. The summed E-state index contributed by atoms with van der Waals surface area (Å²) in [6.45, 7) is -1.43. The molecule has 10 heteroatoms. The number of ether oxygens (including phenoxy) is 1. The van der Waals surface area contributed by atoms with Gasteiger partial charge >= 0.3 is 12.1 Å². The van der Waals surface area contributed by atoms with Crippen molar-refractivity contribution in [3.8, 4) is 5.75 Å². The average Bonchev–Trinajstić information content (AvgIpc) is 2.53. The second kappa shape index (κ2) is 8.35. The van der Waals surface area contributed by atoms with E-state index in [1.165, 1.54) is 30.3 Å². The minimum absolute atomic E-state index is 0.0895. The Labute approximate surface area is 149 Å². The number of halogens is 5. The highest BCUT2D eigenvalue weighted by atomic mass is 32.2. The van der Waals surface area contributed by atoms with Gasteiger partial charge in [-0.2, -0.15) is 22.0 Å². The molecule has 2 aromatic rings. The van der Waals surface area contributed by atoms with Gasteiger partial charge in [0.2, 0.25) is 0 Å². The number of amides is 1. The van der Waals surface area contributed by atoms with E-state index < -0.39 is 40.9 Å². The van der Waals surface area contributed by atoms with Crippen LogP contribution in [0.1, 0.15) is 28.9 Å². The summed E-state index contributed by atoms with van der Waals surface area (Å²) >= 11 is -0.487. The minimum Gasteiger partial charge on any atom is -0.435 e. The Balaban J connectivity index is 2.15. The molecule has 1 unspecified atom stereocenters. The van der Waals surface area contributed by atoms with E-state index in [-0.39, 0.29) is 11.3 Å². The van der Waals surface area contributed by atoms with Crippen molar-refractivity contribution in [2.45, 2.75) is 30.1 Å². The van der Waals surface area contributed by atoms with Gasteiger partial charge in [-0.1, -0.05) is 12.1 Å². The number of rotatable bonds is 6. The predicted octanol–water partition coefficient (Wildman–Crippen LogP) is 4.79. The van der Waals surface area contributed by atoms with Crippen molar-refractivity contribution in [3.63, 3.8) is 0 Å². The Kier molecular flexibility index (Phi) is 6.41. The fourth-order valence-electron chi connectivity index (χ4n) is 2.07. The van der Waals surface area contributed by atoms with Gasteiger partial charge in [-0.05, 0) is 36.8 Å². The van der Waals surface area contributed by atoms with E-state index >= 15 is 0 Å². The molecule has 1 atom stereocenters. The van der Waals surface area contributed by atoms with E-state index in [4.69, 9.17) is 0 Å². The first-order chi connectivity index (χ1) is 12.2. The zero-order valence-electron chi connectivity index (χ0n) is 13.3. The molecule has 0 aliphatic rings. The molecule has 2 rings (SSSR count). The van der Waals surface area contributed by atoms with Crippen molar-refractivity contribution in [2.75, 3.05) is 0 Å². The number of nitrogens with one attached hydrogen (secondary N) is 1. The van der Waals surface area contributed by atoms with Crippen LogP contribution < -0.4 is 10.1 Å². The van der Waals surface area contributed by atoms with Crippen molar-refractivity contribution in [1.29, 1.82) is 0 Å². The van der Waals surface area contributed by atoms with Gasteiger partial charge in [0.1, 0.15) is 10.8 Å². The van der Waals surface area contributed by atoms with E-state index in [1.807, 2.05) is 0 Å². The lowest BCUT2D eigenvalue weighted by Gasteiger charge is -2.17. The van der Waals surface area contributed by atoms with E-state index in [9.17, 15) is 26.7 Å². The fourth-order valence-corrected chi connectivity index (χ4v) is 2.68. The number of carbonyl (C=O) groups is 1. The standard InChI is InChI=1S/C16H13F5N2O2S/c1-9(10-4-2-5-11(8-10)25-15(17)18)23-13(24)12-6-3-7-22-14(12)26-16(19,20)21/h2-9,15H,1H3,(H,23,24). The van der Waals surface area contributed by atoms with Crippen LogP contribution in [0.5, 0.6) is 5.75 Å². The molecule has 1 amide bonds. The molecular weight excluding hydrogens is 379 g/mol. The maximum atomic E-state index is 12.6. The summed E-state index contributed by atoms with van der Waals surface area (Å²) in [6, 6.07) is 7.57. The molecule has 1 aromatic carbocycles. The van der Waals surface area contributed by atoms with Crippen LogP contribution in [0.15, 0.2) is 47.6 Å². The lowest BCUT2D eigenvalue weighted by atomic mass is 10.1. The number of thioether (sulfide) groups is 1. The smallest absolute Gasteiger partial charge is 0.435 e. The number of hydrogen-bond acceptors (Lipinski definition) is 4. The van der Waals surface area contributed by atoms with Crippen molar-refractivity contribution < 1.29 is 31.5 Å². The third-order valence-electron chi connectivity index (χ3n) is 3.16. The number of aromatic nitrogens is 1. The number of benzene rings is 1. The quantitative estimate of drug-likeness (QED) is 0.568. The molecule has 0 aliphatic heterocycles. The minimum atomic E-state index is -4.59. The Morgan fingerprint density at radius 3 is 2.62 bits per heavy atom. The highest BCUT2D eigenvalue weighted by Crippen LogP contribution is 2.37. The van der Waals surface area contributed by atoms with E-state index in [2.05, 4.69) is 15.0 Å². The molecule has 0 fully saturated rings. The Morgan fingerprint density at radius 1 is 1.23 bits per heavy atom. The summed E-state index contributed by atoms with van der Waals surface area (Å²) in [4.78, 5) is 15.9. The van der Waals surface area contributed by atoms with Crippen LogP contribution >= 0.6 is 11.8 Å². The van der Waals surface area contributed by atoms with Gasteiger partial charge < -0.3 is 10.1 Å². The zero-order valence-corrected chi connectivity index (χ0v) is 14.1.